The molecule has 0 spiro atoms. The van der Waals surface area contributed by atoms with Crippen molar-refractivity contribution in [2.24, 2.45) is 0 Å². The van der Waals surface area contributed by atoms with E-state index in [9.17, 15) is 5.26 Å². The maximum Gasteiger partial charge on any atom is 0.153 e. The van der Waals surface area contributed by atoms with Gasteiger partial charge in [-0.3, -0.25) is 4.98 Å². The Morgan fingerprint density at radius 1 is 0.857 bits per heavy atom. The zero-order valence-electron chi connectivity index (χ0n) is 11.1. The predicted octanol–water partition coefficient (Wildman–Crippen LogP) is 4.52. The van der Waals surface area contributed by atoms with Gasteiger partial charge in [-0.25, -0.2) is 0 Å². The number of hydrogen-bond acceptors (Lipinski definition) is 3. The molecule has 2 aromatic heterocycles. The Morgan fingerprint density at radius 2 is 1.67 bits per heavy atom. The third-order valence-electron chi connectivity index (χ3n) is 3.59. The van der Waals surface area contributed by atoms with Crippen LogP contribution in [0.3, 0.4) is 0 Å². The van der Waals surface area contributed by atoms with Crippen LogP contribution in [0.15, 0.2) is 65.2 Å². The first-order chi connectivity index (χ1) is 10.4. The summed E-state index contributed by atoms with van der Waals surface area (Å²) in [6, 6.07) is 19.6. The molecule has 4 rings (SSSR count). The second kappa shape index (κ2) is 4.46. The van der Waals surface area contributed by atoms with Gasteiger partial charge in [0.1, 0.15) is 11.7 Å². The van der Waals surface area contributed by atoms with Crippen LogP contribution in [0, 0.1) is 11.3 Å². The highest BCUT2D eigenvalue weighted by Crippen LogP contribution is 2.35. The Morgan fingerprint density at radius 3 is 2.43 bits per heavy atom. The van der Waals surface area contributed by atoms with E-state index < -0.39 is 0 Å². The average Bonchev–Trinajstić information content (AvgIpc) is 2.94. The van der Waals surface area contributed by atoms with Crippen LogP contribution in [0.25, 0.3) is 33.2 Å². The molecule has 0 fully saturated rings. The van der Waals surface area contributed by atoms with Crippen molar-refractivity contribution in [3.8, 4) is 17.3 Å². The van der Waals surface area contributed by atoms with Crippen LogP contribution in [0.1, 0.15) is 5.56 Å². The van der Waals surface area contributed by atoms with Crippen molar-refractivity contribution in [1.82, 2.24) is 4.98 Å². The van der Waals surface area contributed by atoms with Gasteiger partial charge in [0.05, 0.1) is 11.3 Å². The fourth-order valence-corrected chi connectivity index (χ4v) is 2.63. The highest BCUT2D eigenvalue weighted by atomic mass is 16.3. The molecule has 21 heavy (non-hydrogen) atoms. The summed E-state index contributed by atoms with van der Waals surface area (Å²) in [6.45, 7) is 0. The Kier molecular flexibility index (Phi) is 2.48. The zero-order valence-corrected chi connectivity index (χ0v) is 11.1. The Hall–Kier alpha value is -3.12. The van der Waals surface area contributed by atoms with E-state index in [2.05, 4.69) is 11.1 Å². The van der Waals surface area contributed by atoms with E-state index in [1.807, 2.05) is 48.5 Å². The summed E-state index contributed by atoms with van der Waals surface area (Å²) in [5.41, 5.74) is 3.76. The van der Waals surface area contributed by atoms with Crippen LogP contribution < -0.4 is 0 Å². The molecule has 0 unspecified atom stereocenters. The molecular weight excluding hydrogens is 260 g/mol. The number of aromatic nitrogens is 1. The average molecular weight is 270 g/mol. The monoisotopic (exact) mass is 270 g/mol. The van der Waals surface area contributed by atoms with Crippen LogP contribution >= 0.6 is 0 Å². The second-order valence-corrected chi connectivity index (χ2v) is 4.79. The van der Waals surface area contributed by atoms with Gasteiger partial charge in [-0.05, 0) is 24.3 Å². The number of rotatable bonds is 1. The van der Waals surface area contributed by atoms with Gasteiger partial charge in [-0.1, -0.05) is 30.3 Å². The van der Waals surface area contributed by atoms with Crippen molar-refractivity contribution < 1.29 is 4.42 Å². The van der Waals surface area contributed by atoms with E-state index in [1.54, 1.807) is 12.3 Å². The molecule has 0 saturated carbocycles. The summed E-state index contributed by atoms with van der Waals surface area (Å²) >= 11 is 0. The van der Waals surface area contributed by atoms with Gasteiger partial charge in [-0.15, -0.1) is 0 Å². The number of nitrogens with zero attached hydrogens (tertiary/aromatic N) is 2. The predicted molar refractivity (Wildman–Crippen MR) is 81.7 cm³/mol. The van der Waals surface area contributed by atoms with E-state index in [0.717, 1.165) is 27.6 Å². The lowest BCUT2D eigenvalue weighted by Gasteiger charge is -2.00. The summed E-state index contributed by atoms with van der Waals surface area (Å²) in [4.78, 5) is 4.39. The van der Waals surface area contributed by atoms with Crippen molar-refractivity contribution in [3.05, 3.63) is 66.4 Å². The zero-order chi connectivity index (χ0) is 14.2. The van der Waals surface area contributed by atoms with Gasteiger partial charge in [0.15, 0.2) is 5.58 Å². The summed E-state index contributed by atoms with van der Waals surface area (Å²) < 4.78 is 6.00. The topological polar surface area (TPSA) is 49.8 Å². The van der Waals surface area contributed by atoms with Crippen molar-refractivity contribution >= 4 is 21.9 Å². The standard InChI is InChI=1S/C18H10N2O/c19-11-12-5-3-6-13-14-7-4-8-15(18(14)21-17(12)13)16-9-1-2-10-20-16/h1-10H. The van der Waals surface area contributed by atoms with Gasteiger partial charge in [0, 0.05) is 22.5 Å². The van der Waals surface area contributed by atoms with Crippen LogP contribution in [0.5, 0.6) is 0 Å². The molecule has 4 aromatic rings. The summed E-state index contributed by atoms with van der Waals surface area (Å²) in [7, 11) is 0. The number of fused-ring (bicyclic) bond motifs is 3. The molecule has 0 aliphatic heterocycles. The molecule has 3 nitrogen and oxygen atoms in total. The molecule has 0 aliphatic rings. The largest absolute Gasteiger partial charge is 0.454 e. The summed E-state index contributed by atoms with van der Waals surface area (Å²) in [5, 5.41) is 11.2. The van der Waals surface area contributed by atoms with Crippen molar-refractivity contribution in [2.45, 2.75) is 0 Å². The fourth-order valence-electron chi connectivity index (χ4n) is 2.63. The number of benzene rings is 2. The lowest BCUT2D eigenvalue weighted by Crippen LogP contribution is -1.81. The first-order valence-electron chi connectivity index (χ1n) is 6.64. The highest BCUT2D eigenvalue weighted by Gasteiger charge is 2.14. The number of furan rings is 1. The van der Waals surface area contributed by atoms with Crippen LogP contribution in [0.4, 0.5) is 0 Å². The minimum Gasteiger partial charge on any atom is -0.454 e. The van der Waals surface area contributed by atoms with Gasteiger partial charge in [-0.2, -0.15) is 5.26 Å². The van der Waals surface area contributed by atoms with E-state index in [1.165, 1.54) is 0 Å². The normalized spacial score (nSPS) is 10.8. The third kappa shape index (κ3) is 1.70. The van der Waals surface area contributed by atoms with Crippen LogP contribution in [-0.2, 0) is 0 Å². The minimum atomic E-state index is 0.552. The van der Waals surface area contributed by atoms with Gasteiger partial charge in [0.25, 0.3) is 0 Å². The number of pyridine rings is 1. The maximum absolute atomic E-state index is 9.22. The molecule has 0 N–H and O–H groups in total. The molecule has 0 bridgehead atoms. The Balaban J connectivity index is 2.14. The first-order valence-corrected chi connectivity index (χ1v) is 6.64. The maximum atomic E-state index is 9.22. The molecule has 0 atom stereocenters. The van der Waals surface area contributed by atoms with Crippen LogP contribution in [0.2, 0.25) is 0 Å². The van der Waals surface area contributed by atoms with Crippen LogP contribution in [-0.4, -0.2) is 4.98 Å². The van der Waals surface area contributed by atoms with E-state index in [4.69, 9.17) is 4.42 Å². The minimum absolute atomic E-state index is 0.552. The first kappa shape index (κ1) is 11.7. The molecule has 0 radical (unpaired) electrons. The smallest absolute Gasteiger partial charge is 0.153 e. The number of para-hydroxylation sites is 2. The summed E-state index contributed by atoms with van der Waals surface area (Å²) in [6.07, 6.45) is 1.76. The molecule has 2 heterocycles. The quantitative estimate of drug-likeness (QED) is 0.511. The fraction of sp³-hybridized carbons (Fsp3) is 0. The van der Waals surface area contributed by atoms with Crippen molar-refractivity contribution in [3.63, 3.8) is 0 Å². The number of hydrogen-bond donors (Lipinski definition) is 0. The molecular formula is C18H10N2O. The SMILES string of the molecule is N#Cc1cccc2c1oc1c(-c3ccccn3)cccc12. The van der Waals surface area contributed by atoms with E-state index in [-0.39, 0.29) is 0 Å². The summed E-state index contributed by atoms with van der Waals surface area (Å²) in [5.74, 6) is 0. The van der Waals surface area contributed by atoms with E-state index in [0.29, 0.717) is 11.1 Å². The molecule has 0 aliphatic carbocycles. The Bertz CT molecular complexity index is 994. The number of nitriles is 1. The van der Waals surface area contributed by atoms with Gasteiger partial charge < -0.3 is 4.42 Å². The molecule has 0 saturated heterocycles. The Labute approximate surface area is 121 Å². The second-order valence-electron chi connectivity index (χ2n) is 4.79. The molecule has 3 heteroatoms. The van der Waals surface area contributed by atoms with E-state index >= 15 is 0 Å². The highest BCUT2D eigenvalue weighted by molar-refractivity contribution is 6.10. The molecule has 2 aromatic carbocycles. The van der Waals surface area contributed by atoms with Gasteiger partial charge in [0.2, 0.25) is 0 Å². The molecule has 0 amide bonds. The molecule has 98 valence electrons. The third-order valence-corrected chi connectivity index (χ3v) is 3.59. The lowest BCUT2D eigenvalue weighted by molar-refractivity contribution is 0.668. The lowest BCUT2D eigenvalue weighted by atomic mass is 10.1. The van der Waals surface area contributed by atoms with Gasteiger partial charge >= 0.3 is 0 Å². The van der Waals surface area contributed by atoms with Crippen molar-refractivity contribution in [2.75, 3.05) is 0 Å². The van der Waals surface area contributed by atoms with Crippen molar-refractivity contribution in [1.29, 1.82) is 5.26 Å².